The Labute approximate surface area is 142 Å². The van der Waals surface area contributed by atoms with Crippen LogP contribution in [0.5, 0.6) is 5.75 Å². The van der Waals surface area contributed by atoms with Gasteiger partial charge < -0.3 is 15.0 Å². The Morgan fingerprint density at radius 2 is 1.71 bits per heavy atom. The van der Waals surface area contributed by atoms with Gasteiger partial charge in [-0.15, -0.1) is 0 Å². The number of nitrogens with zero attached hydrogens (tertiary/aromatic N) is 1. The number of hydrogen-bond acceptors (Lipinski definition) is 3. The van der Waals surface area contributed by atoms with E-state index < -0.39 is 0 Å². The Morgan fingerprint density at radius 1 is 1.10 bits per heavy atom. The van der Waals surface area contributed by atoms with Gasteiger partial charge in [0, 0.05) is 20.6 Å². The summed E-state index contributed by atoms with van der Waals surface area (Å²) in [6, 6.07) is 12.4. The van der Waals surface area contributed by atoms with Gasteiger partial charge in [-0.05, 0) is 61.7 Å². The molecule has 1 N–H and O–H groups in total. The highest BCUT2D eigenvalue weighted by molar-refractivity contribution is 9.11. The Morgan fingerprint density at radius 3 is 2.29 bits per heavy atom. The number of nitrogens with one attached hydrogen (secondary N) is 1. The lowest BCUT2D eigenvalue weighted by Crippen LogP contribution is -2.12. The predicted molar refractivity (Wildman–Crippen MR) is 96.5 cm³/mol. The van der Waals surface area contributed by atoms with Crippen molar-refractivity contribution in [3.05, 3.63) is 50.9 Å². The molecule has 2 rings (SSSR count). The van der Waals surface area contributed by atoms with E-state index in [9.17, 15) is 0 Å². The Kier molecular flexibility index (Phi) is 5.53. The van der Waals surface area contributed by atoms with E-state index in [0.717, 1.165) is 26.9 Å². The van der Waals surface area contributed by atoms with Crippen LogP contribution in [0.15, 0.2) is 45.3 Å². The molecule has 21 heavy (non-hydrogen) atoms. The third kappa shape index (κ3) is 3.92. The molecule has 112 valence electrons. The molecule has 0 aliphatic rings. The van der Waals surface area contributed by atoms with Crippen LogP contribution in [-0.4, -0.2) is 21.2 Å². The number of halogens is 2. The summed E-state index contributed by atoms with van der Waals surface area (Å²) < 4.78 is 7.21. The van der Waals surface area contributed by atoms with E-state index in [1.54, 1.807) is 7.11 Å². The van der Waals surface area contributed by atoms with Crippen molar-refractivity contribution >= 4 is 43.2 Å². The van der Waals surface area contributed by atoms with Crippen molar-refractivity contribution in [2.75, 3.05) is 31.4 Å². The summed E-state index contributed by atoms with van der Waals surface area (Å²) in [5, 5.41) is 3.48. The Bertz CT molecular complexity index is 606. The van der Waals surface area contributed by atoms with Crippen LogP contribution in [-0.2, 0) is 6.54 Å². The molecule has 5 heteroatoms. The fraction of sp³-hybridized carbons (Fsp3) is 0.250. The first-order chi connectivity index (χ1) is 10.0. The van der Waals surface area contributed by atoms with Gasteiger partial charge >= 0.3 is 0 Å². The Balaban J connectivity index is 2.17. The maximum atomic E-state index is 5.32. The summed E-state index contributed by atoms with van der Waals surface area (Å²) in [6.07, 6.45) is 0. The molecule has 0 amide bonds. The molecular formula is C16H18Br2N2O. The van der Waals surface area contributed by atoms with Gasteiger partial charge in [0.05, 0.1) is 27.4 Å². The lowest BCUT2D eigenvalue weighted by molar-refractivity contribution is 0.409. The van der Waals surface area contributed by atoms with Crippen molar-refractivity contribution in [3.8, 4) is 5.75 Å². The van der Waals surface area contributed by atoms with Crippen molar-refractivity contribution in [2.24, 2.45) is 0 Å². The van der Waals surface area contributed by atoms with Gasteiger partial charge in [0.1, 0.15) is 5.75 Å². The molecule has 0 saturated heterocycles. The monoisotopic (exact) mass is 412 g/mol. The number of benzene rings is 2. The van der Waals surface area contributed by atoms with Gasteiger partial charge in [-0.1, -0.05) is 12.1 Å². The van der Waals surface area contributed by atoms with Crippen LogP contribution in [0, 0.1) is 0 Å². The van der Waals surface area contributed by atoms with Gasteiger partial charge in [-0.25, -0.2) is 0 Å². The molecule has 0 heterocycles. The van der Waals surface area contributed by atoms with Gasteiger partial charge in [0.15, 0.2) is 0 Å². The first kappa shape index (κ1) is 16.2. The summed E-state index contributed by atoms with van der Waals surface area (Å²) in [7, 11) is 5.75. The fourth-order valence-corrected chi connectivity index (χ4v) is 3.72. The lowest BCUT2D eigenvalue weighted by Gasteiger charge is -2.18. The summed E-state index contributed by atoms with van der Waals surface area (Å²) in [5.41, 5.74) is 3.46. The summed E-state index contributed by atoms with van der Waals surface area (Å²) in [6.45, 7) is 0.742. The van der Waals surface area contributed by atoms with Gasteiger partial charge in [0.25, 0.3) is 0 Å². The van der Waals surface area contributed by atoms with E-state index in [4.69, 9.17) is 4.74 Å². The second kappa shape index (κ2) is 7.18. The zero-order chi connectivity index (χ0) is 15.4. The minimum absolute atomic E-state index is 0.742. The molecule has 0 bridgehead atoms. The molecular weight excluding hydrogens is 396 g/mol. The van der Waals surface area contributed by atoms with E-state index in [1.807, 2.05) is 26.2 Å². The largest absolute Gasteiger partial charge is 0.494 e. The van der Waals surface area contributed by atoms with Crippen LogP contribution in [0.25, 0.3) is 0 Å². The zero-order valence-corrected chi connectivity index (χ0v) is 15.5. The maximum Gasteiger partial charge on any atom is 0.147 e. The van der Waals surface area contributed by atoms with Crippen LogP contribution >= 0.6 is 31.9 Å². The van der Waals surface area contributed by atoms with Gasteiger partial charge in [-0.3, -0.25) is 0 Å². The first-order valence-electron chi connectivity index (χ1n) is 6.55. The highest BCUT2D eigenvalue weighted by Gasteiger charge is 2.08. The molecule has 0 spiro atoms. The van der Waals surface area contributed by atoms with Gasteiger partial charge in [0.2, 0.25) is 0 Å². The molecule has 0 atom stereocenters. The average Bonchev–Trinajstić information content (AvgIpc) is 2.45. The SMILES string of the molecule is COc1c(Br)cc(CNc2ccccc2N(C)C)cc1Br. The normalized spacial score (nSPS) is 10.3. The smallest absolute Gasteiger partial charge is 0.147 e. The second-order valence-corrected chi connectivity index (χ2v) is 6.57. The molecule has 2 aromatic rings. The molecule has 0 saturated carbocycles. The van der Waals surface area contributed by atoms with Crippen molar-refractivity contribution in [2.45, 2.75) is 6.54 Å². The maximum absolute atomic E-state index is 5.32. The average molecular weight is 414 g/mol. The number of ether oxygens (including phenoxy) is 1. The number of anilines is 2. The Hall–Kier alpha value is -1.20. The minimum Gasteiger partial charge on any atom is -0.494 e. The molecule has 0 aliphatic heterocycles. The first-order valence-corrected chi connectivity index (χ1v) is 8.13. The highest BCUT2D eigenvalue weighted by Crippen LogP contribution is 2.34. The van der Waals surface area contributed by atoms with E-state index in [2.05, 4.69) is 66.3 Å². The highest BCUT2D eigenvalue weighted by atomic mass is 79.9. The zero-order valence-electron chi connectivity index (χ0n) is 12.3. The number of rotatable bonds is 5. The van der Waals surface area contributed by atoms with E-state index in [1.165, 1.54) is 11.3 Å². The third-order valence-electron chi connectivity index (χ3n) is 3.13. The second-order valence-electron chi connectivity index (χ2n) is 4.86. The minimum atomic E-state index is 0.742. The molecule has 2 aromatic carbocycles. The standard InChI is InChI=1S/C16H18Br2N2O/c1-20(2)15-7-5-4-6-14(15)19-10-11-8-12(17)16(21-3)13(18)9-11/h4-9,19H,10H2,1-3H3. The molecule has 0 radical (unpaired) electrons. The number of methoxy groups -OCH3 is 1. The topological polar surface area (TPSA) is 24.5 Å². The molecule has 3 nitrogen and oxygen atoms in total. The summed E-state index contributed by atoms with van der Waals surface area (Å²) in [5.74, 6) is 0.812. The molecule has 0 fully saturated rings. The number of para-hydroxylation sites is 2. The van der Waals surface area contributed by atoms with Crippen LogP contribution in [0.2, 0.25) is 0 Å². The summed E-state index contributed by atoms with van der Waals surface area (Å²) in [4.78, 5) is 2.10. The molecule has 0 aromatic heterocycles. The summed E-state index contributed by atoms with van der Waals surface area (Å²) >= 11 is 7.06. The van der Waals surface area contributed by atoms with Crippen LogP contribution in [0.3, 0.4) is 0 Å². The van der Waals surface area contributed by atoms with Crippen molar-refractivity contribution in [3.63, 3.8) is 0 Å². The van der Waals surface area contributed by atoms with Crippen molar-refractivity contribution in [1.29, 1.82) is 0 Å². The molecule has 0 aliphatic carbocycles. The van der Waals surface area contributed by atoms with E-state index >= 15 is 0 Å². The predicted octanol–water partition coefficient (Wildman–Crippen LogP) is 4.90. The fourth-order valence-electron chi connectivity index (χ4n) is 2.12. The van der Waals surface area contributed by atoms with E-state index in [-0.39, 0.29) is 0 Å². The molecule has 0 unspecified atom stereocenters. The van der Waals surface area contributed by atoms with Gasteiger partial charge in [-0.2, -0.15) is 0 Å². The van der Waals surface area contributed by atoms with Crippen LogP contribution < -0.4 is 15.0 Å². The lowest BCUT2D eigenvalue weighted by atomic mass is 10.2. The van der Waals surface area contributed by atoms with Crippen molar-refractivity contribution in [1.82, 2.24) is 0 Å². The quantitative estimate of drug-likeness (QED) is 0.754. The van der Waals surface area contributed by atoms with Crippen LogP contribution in [0.4, 0.5) is 11.4 Å². The number of hydrogen-bond donors (Lipinski definition) is 1. The van der Waals surface area contributed by atoms with E-state index in [0.29, 0.717) is 0 Å². The third-order valence-corrected chi connectivity index (χ3v) is 4.31. The van der Waals surface area contributed by atoms with Crippen LogP contribution in [0.1, 0.15) is 5.56 Å². The van der Waals surface area contributed by atoms with Crippen molar-refractivity contribution < 1.29 is 4.74 Å².